The number of carbonyl (C=O) groups excluding carboxylic acids is 1. The summed E-state index contributed by atoms with van der Waals surface area (Å²) in [6.07, 6.45) is 16.0. The van der Waals surface area contributed by atoms with Crippen molar-refractivity contribution >= 4 is 18.5 Å². The molecule has 0 radical (unpaired) electrons. The van der Waals surface area contributed by atoms with E-state index in [1.165, 1.54) is 0 Å². The molecule has 4 heterocycles. The molecule has 0 amide bonds. The topological polar surface area (TPSA) is 74.1 Å². The molecule has 7 heteroatoms. The zero-order valence-electron chi connectivity index (χ0n) is 17.0. The second-order valence-electron chi connectivity index (χ2n) is 8.34. The van der Waals surface area contributed by atoms with E-state index in [1.807, 2.05) is 61.8 Å². The van der Waals surface area contributed by atoms with Crippen LogP contribution in [0, 0.1) is 0 Å². The molecule has 0 aromatic carbocycles. The molecule has 1 saturated carbocycles. The monoisotopic (exact) mass is 410 g/mol. The molecule has 2 aliphatic carbocycles. The lowest BCUT2D eigenvalue weighted by atomic mass is 9.60. The number of hydrogen-bond acceptors (Lipinski definition) is 7. The molecule has 2 aromatic rings. The van der Waals surface area contributed by atoms with Gasteiger partial charge in [-0.2, -0.15) is 0 Å². The van der Waals surface area contributed by atoms with Crippen molar-refractivity contribution in [2.45, 2.75) is 30.3 Å². The van der Waals surface area contributed by atoms with Gasteiger partial charge in [-0.25, -0.2) is 9.98 Å². The SMILES string of the molecule is O=C1CC(N2C=NC=CC2)C2(c3cccnc3-c3ncccc32)C(N2C=NC=CC2)C1. The van der Waals surface area contributed by atoms with E-state index in [1.54, 1.807) is 0 Å². The van der Waals surface area contributed by atoms with Crippen molar-refractivity contribution in [2.75, 3.05) is 13.1 Å². The van der Waals surface area contributed by atoms with Crippen LogP contribution in [0.1, 0.15) is 24.0 Å². The van der Waals surface area contributed by atoms with Gasteiger partial charge in [-0.15, -0.1) is 0 Å². The van der Waals surface area contributed by atoms with Gasteiger partial charge in [-0.05, 0) is 35.4 Å². The first kappa shape index (κ1) is 18.2. The number of nitrogens with zero attached hydrogens (tertiary/aromatic N) is 6. The van der Waals surface area contributed by atoms with Crippen LogP contribution in [0.2, 0.25) is 0 Å². The third-order valence-corrected chi connectivity index (χ3v) is 6.87. The number of rotatable bonds is 2. The van der Waals surface area contributed by atoms with Crippen LogP contribution in [-0.4, -0.2) is 63.4 Å². The van der Waals surface area contributed by atoms with Crippen LogP contribution >= 0.6 is 0 Å². The summed E-state index contributed by atoms with van der Waals surface area (Å²) in [5, 5.41) is 0. The molecular weight excluding hydrogens is 388 g/mol. The lowest BCUT2D eigenvalue weighted by Gasteiger charge is -2.54. The Labute approximate surface area is 180 Å². The quantitative estimate of drug-likeness (QED) is 0.761. The summed E-state index contributed by atoms with van der Waals surface area (Å²) in [7, 11) is 0. The minimum atomic E-state index is -0.477. The molecule has 4 aliphatic rings. The normalized spacial score (nSPS) is 25.2. The summed E-state index contributed by atoms with van der Waals surface area (Å²) in [4.78, 5) is 35.8. The molecule has 31 heavy (non-hydrogen) atoms. The maximum atomic E-state index is 13.1. The Morgan fingerprint density at radius 3 is 1.77 bits per heavy atom. The predicted octanol–water partition coefficient (Wildman–Crippen LogP) is 2.56. The Bertz CT molecular complexity index is 1080. The number of Topliss-reactive ketones (excluding diaryl/α,β-unsaturated/α-hetero) is 1. The van der Waals surface area contributed by atoms with Crippen molar-refractivity contribution in [1.82, 2.24) is 19.8 Å². The first-order valence-corrected chi connectivity index (χ1v) is 10.6. The molecule has 0 N–H and O–H groups in total. The second-order valence-corrected chi connectivity index (χ2v) is 8.34. The molecule has 0 saturated heterocycles. The maximum Gasteiger partial charge on any atom is 0.137 e. The van der Waals surface area contributed by atoms with Gasteiger partial charge in [0.05, 0.1) is 41.6 Å². The summed E-state index contributed by atoms with van der Waals surface area (Å²) in [6.45, 7) is 1.43. The van der Waals surface area contributed by atoms with Crippen molar-refractivity contribution in [1.29, 1.82) is 0 Å². The van der Waals surface area contributed by atoms with E-state index in [9.17, 15) is 4.79 Å². The second kappa shape index (κ2) is 6.97. The van der Waals surface area contributed by atoms with E-state index in [-0.39, 0.29) is 17.9 Å². The van der Waals surface area contributed by atoms with Gasteiger partial charge in [0, 0.05) is 50.7 Å². The highest BCUT2D eigenvalue weighted by molar-refractivity contribution is 5.87. The van der Waals surface area contributed by atoms with Gasteiger partial charge in [0.1, 0.15) is 5.78 Å². The molecule has 6 rings (SSSR count). The Hall–Kier alpha value is -3.61. The van der Waals surface area contributed by atoms with Crippen LogP contribution in [0.25, 0.3) is 11.4 Å². The standard InChI is InChI=1S/C24H22N6O/c31-17-13-20(29-11-3-7-25-15-29)24(21(14-17)30-12-4-8-26-16-30)18-5-1-9-27-22(18)23-19(24)6-2-10-28-23/h1-10,15-16,20-21H,11-14H2. The van der Waals surface area contributed by atoms with Gasteiger partial charge < -0.3 is 9.80 Å². The number of carbonyl (C=O) groups is 1. The summed E-state index contributed by atoms with van der Waals surface area (Å²) < 4.78 is 0. The third kappa shape index (κ3) is 2.55. The molecule has 1 fully saturated rings. The van der Waals surface area contributed by atoms with Crippen LogP contribution in [0.5, 0.6) is 0 Å². The number of fused-ring (bicyclic) bond motifs is 5. The van der Waals surface area contributed by atoms with E-state index in [0.29, 0.717) is 12.8 Å². The molecule has 1 spiro atoms. The third-order valence-electron chi connectivity index (χ3n) is 6.87. The van der Waals surface area contributed by atoms with Crippen LogP contribution in [0.15, 0.2) is 71.2 Å². The molecule has 2 aromatic heterocycles. The van der Waals surface area contributed by atoms with Crippen molar-refractivity contribution in [3.8, 4) is 11.4 Å². The molecule has 7 nitrogen and oxygen atoms in total. The van der Waals surface area contributed by atoms with Gasteiger partial charge in [-0.3, -0.25) is 14.8 Å². The highest BCUT2D eigenvalue weighted by Gasteiger charge is 2.60. The lowest BCUT2D eigenvalue weighted by molar-refractivity contribution is -0.125. The van der Waals surface area contributed by atoms with Gasteiger partial charge in [-0.1, -0.05) is 12.1 Å². The molecular formula is C24H22N6O. The Balaban J connectivity index is 1.64. The number of pyridine rings is 2. The fourth-order valence-corrected chi connectivity index (χ4v) is 5.75. The van der Waals surface area contributed by atoms with Gasteiger partial charge in [0.2, 0.25) is 0 Å². The fraction of sp³-hybridized carbons (Fsp3) is 0.292. The average molecular weight is 410 g/mol. The zero-order chi connectivity index (χ0) is 20.8. The maximum absolute atomic E-state index is 13.1. The number of aliphatic imine (C=N–C) groups is 2. The number of hydrogen-bond donors (Lipinski definition) is 0. The fourth-order valence-electron chi connectivity index (χ4n) is 5.75. The van der Waals surface area contributed by atoms with Crippen molar-refractivity contribution in [3.63, 3.8) is 0 Å². The zero-order valence-corrected chi connectivity index (χ0v) is 17.0. The average Bonchev–Trinajstić information content (AvgIpc) is 3.13. The van der Waals surface area contributed by atoms with Gasteiger partial charge in [0.25, 0.3) is 0 Å². The van der Waals surface area contributed by atoms with Crippen molar-refractivity contribution < 1.29 is 4.79 Å². The van der Waals surface area contributed by atoms with E-state index < -0.39 is 5.41 Å². The highest BCUT2D eigenvalue weighted by atomic mass is 16.1. The molecule has 2 aliphatic heterocycles. The van der Waals surface area contributed by atoms with Crippen LogP contribution in [0.3, 0.4) is 0 Å². The van der Waals surface area contributed by atoms with Crippen molar-refractivity contribution in [3.05, 3.63) is 72.3 Å². The first-order valence-electron chi connectivity index (χ1n) is 10.6. The van der Waals surface area contributed by atoms with E-state index >= 15 is 0 Å². The largest absolute Gasteiger partial charge is 0.354 e. The number of aromatic nitrogens is 2. The minimum Gasteiger partial charge on any atom is -0.354 e. The van der Waals surface area contributed by atoms with Gasteiger partial charge in [0.15, 0.2) is 0 Å². The summed E-state index contributed by atoms with van der Waals surface area (Å²) in [5.74, 6) is 0.259. The summed E-state index contributed by atoms with van der Waals surface area (Å²) in [5.41, 5.74) is 3.62. The highest BCUT2D eigenvalue weighted by Crippen LogP contribution is 2.56. The van der Waals surface area contributed by atoms with Crippen LogP contribution in [-0.2, 0) is 10.2 Å². The van der Waals surface area contributed by atoms with Gasteiger partial charge >= 0.3 is 0 Å². The van der Waals surface area contributed by atoms with Crippen molar-refractivity contribution in [2.24, 2.45) is 9.98 Å². The van der Waals surface area contributed by atoms with Crippen LogP contribution < -0.4 is 0 Å². The van der Waals surface area contributed by atoms with E-state index in [4.69, 9.17) is 9.97 Å². The van der Waals surface area contributed by atoms with Crippen LogP contribution in [0.4, 0.5) is 0 Å². The molecule has 154 valence electrons. The summed E-state index contributed by atoms with van der Waals surface area (Å²) in [6, 6.07) is 8.11. The Kier molecular flexibility index (Phi) is 4.09. The number of ketones is 1. The Morgan fingerprint density at radius 1 is 0.806 bits per heavy atom. The van der Waals surface area contributed by atoms with E-state index in [2.05, 4.69) is 31.9 Å². The molecule has 2 unspecified atom stereocenters. The first-order chi connectivity index (χ1) is 15.3. The molecule has 2 atom stereocenters. The predicted molar refractivity (Wildman–Crippen MR) is 119 cm³/mol. The molecule has 0 bridgehead atoms. The smallest absolute Gasteiger partial charge is 0.137 e. The lowest BCUT2D eigenvalue weighted by Crippen LogP contribution is -2.65. The minimum absolute atomic E-state index is 0.0971. The Morgan fingerprint density at radius 2 is 1.32 bits per heavy atom. The summed E-state index contributed by atoms with van der Waals surface area (Å²) >= 11 is 0. The van der Waals surface area contributed by atoms with E-state index in [0.717, 1.165) is 35.6 Å².